The minimum Gasteiger partial charge on any atom is -0.380 e. The summed E-state index contributed by atoms with van der Waals surface area (Å²) >= 11 is 0. The molecular formula is C14H23N3O. The summed E-state index contributed by atoms with van der Waals surface area (Å²) in [6, 6.07) is 0. The molecule has 2 N–H and O–H groups in total. The molecule has 0 bridgehead atoms. The van der Waals surface area contributed by atoms with Gasteiger partial charge in [-0.15, -0.1) is 0 Å². The Morgan fingerprint density at radius 3 is 2.28 bits per heavy atom. The van der Waals surface area contributed by atoms with Crippen LogP contribution in [0.2, 0.25) is 0 Å². The molecule has 0 radical (unpaired) electrons. The Balaban J connectivity index is 0.00000137. The molecular weight excluding hydrogens is 226 g/mol. The smallest absolute Gasteiger partial charge is 0.191 e. The van der Waals surface area contributed by atoms with Crippen LogP contribution < -0.4 is 5.73 Å². The van der Waals surface area contributed by atoms with Crippen LogP contribution in [-0.2, 0) is 0 Å². The number of aliphatic imine (C=N–C) groups is 1. The van der Waals surface area contributed by atoms with E-state index in [2.05, 4.69) is 23.3 Å². The zero-order chi connectivity index (χ0) is 14.3. The third kappa shape index (κ3) is 3.58. The molecule has 1 aromatic heterocycles. The Hall–Kier alpha value is -1.84. The summed E-state index contributed by atoms with van der Waals surface area (Å²) < 4.78 is 5.20. The van der Waals surface area contributed by atoms with Gasteiger partial charge in [0.15, 0.2) is 11.6 Å². The van der Waals surface area contributed by atoms with Gasteiger partial charge < -0.3 is 10.3 Å². The third-order valence-electron chi connectivity index (χ3n) is 2.11. The molecule has 0 saturated heterocycles. The van der Waals surface area contributed by atoms with Gasteiger partial charge in [-0.2, -0.15) is 0 Å². The molecule has 0 spiro atoms. The Morgan fingerprint density at radius 1 is 1.33 bits per heavy atom. The molecule has 100 valence electrons. The topological polar surface area (TPSA) is 64.4 Å². The van der Waals surface area contributed by atoms with Gasteiger partial charge >= 0.3 is 0 Å². The van der Waals surface area contributed by atoms with Crippen molar-refractivity contribution in [2.75, 3.05) is 5.73 Å². The molecule has 4 heteroatoms. The largest absolute Gasteiger partial charge is 0.380 e. The molecule has 1 rings (SSSR count). The molecule has 0 aliphatic rings. The highest BCUT2D eigenvalue weighted by Crippen LogP contribution is 2.27. The first-order chi connectivity index (χ1) is 8.41. The summed E-state index contributed by atoms with van der Waals surface area (Å²) in [7, 11) is 0. The van der Waals surface area contributed by atoms with Crippen LogP contribution in [0.25, 0.3) is 6.08 Å². The van der Waals surface area contributed by atoms with Crippen LogP contribution in [0.5, 0.6) is 0 Å². The van der Waals surface area contributed by atoms with E-state index < -0.39 is 0 Å². The van der Waals surface area contributed by atoms with Crippen LogP contribution >= 0.6 is 0 Å². The number of nitrogens with zero attached hydrogens (tertiary/aromatic N) is 2. The lowest BCUT2D eigenvalue weighted by Gasteiger charge is -2.19. The van der Waals surface area contributed by atoms with Gasteiger partial charge in [-0.1, -0.05) is 59.0 Å². The van der Waals surface area contributed by atoms with E-state index in [-0.39, 0.29) is 5.41 Å². The number of rotatable bonds is 3. The minimum absolute atomic E-state index is 0.183. The monoisotopic (exact) mass is 249 g/mol. The molecule has 4 nitrogen and oxygen atoms in total. The fraction of sp³-hybridized carbons (Fsp3) is 0.429. The predicted molar refractivity (Wildman–Crippen MR) is 78.5 cm³/mol. The highest BCUT2D eigenvalue weighted by Gasteiger charge is 2.27. The number of anilines is 1. The van der Waals surface area contributed by atoms with Crippen molar-refractivity contribution >= 4 is 17.6 Å². The van der Waals surface area contributed by atoms with E-state index in [0.29, 0.717) is 17.1 Å². The Bertz CT molecular complexity index is 436. The average molecular weight is 249 g/mol. The Kier molecular flexibility index (Phi) is 6.09. The number of nitrogen functional groups attached to an aromatic ring is 1. The van der Waals surface area contributed by atoms with E-state index in [9.17, 15) is 0 Å². The molecule has 0 aliphatic heterocycles. The highest BCUT2D eigenvalue weighted by atomic mass is 16.5. The van der Waals surface area contributed by atoms with Crippen LogP contribution in [0.1, 0.15) is 45.9 Å². The zero-order valence-corrected chi connectivity index (χ0v) is 11.9. The van der Waals surface area contributed by atoms with Gasteiger partial charge in [0.1, 0.15) is 0 Å². The zero-order valence-electron chi connectivity index (χ0n) is 11.9. The van der Waals surface area contributed by atoms with Crippen LogP contribution in [0.4, 0.5) is 5.82 Å². The van der Waals surface area contributed by atoms with Crippen molar-refractivity contribution in [2.45, 2.75) is 34.6 Å². The molecule has 0 unspecified atom stereocenters. The lowest BCUT2D eigenvalue weighted by Crippen LogP contribution is -2.21. The van der Waals surface area contributed by atoms with Crippen LogP contribution in [0.3, 0.4) is 0 Å². The minimum atomic E-state index is -0.183. The molecule has 1 heterocycles. The van der Waals surface area contributed by atoms with Gasteiger partial charge in [0.2, 0.25) is 0 Å². The van der Waals surface area contributed by atoms with Crippen molar-refractivity contribution in [3.05, 3.63) is 30.7 Å². The van der Waals surface area contributed by atoms with Gasteiger partial charge in [-0.05, 0) is 0 Å². The number of nitrogens with two attached hydrogens (primary N) is 1. The van der Waals surface area contributed by atoms with Crippen LogP contribution in [0.15, 0.2) is 28.9 Å². The summed E-state index contributed by atoms with van der Waals surface area (Å²) in [6.07, 6.45) is 3.09. The summed E-state index contributed by atoms with van der Waals surface area (Å²) in [4.78, 5) is 4.23. The standard InChI is InChI=1S/C12H17N3O.C2H6/c1-6-8-9(16-15-11(8)13)10(14-7-2)12(3,4)5;1-2/h6-7H,1-2H2,3-5H3,(H2,13,15);1-2H3. The lowest BCUT2D eigenvalue weighted by molar-refractivity contribution is 0.408. The van der Waals surface area contributed by atoms with E-state index in [0.717, 1.165) is 5.71 Å². The molecule has 0 atom stereocenters. The van der Waals surface area contributed by atoms with Crippen molar-refractivity contribution in [2.24, 2.45) is 10.4 Å². The molecule has 0 aromatic carbocycles. The van der Waals surface area contributed by atoms with Crippen molar-refractivity contribution in [3.8, 4) is 0 Å². The summed E-state index contributed by atoms with van der Waals surface area (Å²) in [5.41, 5.74) is 6.92. The van der Waals surface area contributed by atoms with Gasteiger partial charge in [0.05, 0.1) is 11.3 Å². The molecule has 0 saturated carbocycles. The quantitative estimate of drug-likeness (QED) is 0.826. The van der Waals surface area contributed by atoms with E-state index in [4.69, 9.17) is 10.3 Å². The molecule has 0 amide bonds. The lowest BCUT2D eigenvalue weighted by atomic mass is 9.87. The maximum atomic E-state index is 5.67. The summed E-state index contributed by atoms with van der Waals surface area (Å²) in [5, 5.41) is 3.72. The highest BCUT2D eigenvalue weighted by molar-refractivity contribution is 6.05. The second kappa shape index (κ2) is 6.79. The molecule has 0 fully saturated rings. The van der Waals surface area contributed by atoms with Gasteiger partial charge in [-0.25, -0.2) is 0 Å². The number of hydrogen-bond donors (Lipinski definition) is 1. The first-order valence-corrected chi connectivity index (χ1v) is 5.99. The van der Waals surface area contributed by atoms with Crippen molar-refractivity contribution < 1.29 is 4.52 Å². The summed E-state index contributed by atoms with van der Waals surface area (Å²) in [6.45, 7) is 17.4. The normalized spacial score (nSPS) is 11.5. The third-order valence-corrected chi connectivity index (χ3v) is 2.11. The van der Waals surface area contributed by atoms with E-state index >= 15 is 0 Å². The molecule has 0 aliphatic carbocycles. The van der Waals surface area contributed by atoms with Crippen molar-refractivity contribution in [1.29, 1.82) is 0 Å². The number of aromatic nitrogens is 1. The number of hydrogen-bond acceptors (Lipinski definition) is 4. The Labute approximate surface area is 109 Å². The van der Waals surface area contributed by atoms with Gasteiger partial charge in [-0.3, -0.25) is 4.99 Å². The van der Waals surface area contributed by atoms with Crippen LogP contribution in [-0.4, -0.2) is 10.9 Å². The van der Waals surface area contributed by atoms with Gasteiger partial charge in [0.25, 0.3) is 0 Å². The van der Waals surface area contributed by atoms with E-state index in [1.54, 1.807) is 6.08 Å². The maximum Gasteiger partial charge on any atom is 0.191 e. The fourth-order valence-electron chi connectivity index (χ4n) is 1.36. The first kappa shape index (κ1) is 16.2. The van der Waals surface area contributed by atoms with Crippen LogP contribution in [0, 0.1) is 5.41 Å². The molecule has 18 heavy (non-hydrogen) atoms. The Morgan fingerprint density at radius 2 is 1.89 bits per heavy atom. The average Bonchev–Trinajstić information content (AvgIpc) is 2.68. The van der Waals surface area contributed by atoms with E-state index in [1.807, 2.05) is 34.6 Å². The van der Waals surface area contributed by atoms with Crippen molar-refractivity contribution in [3.63, 3.8) is 0 Å². The maximum absolute atomic E-state index is 5.67. The summed E-state index contributed by atoms with van der Waals surface area (Å²) in [5.74, 6) is 0.880. The molecule has 1 aromatic rings. The van der Waals surface area contributed by atoms with Crippen molar-refractivity contribution in [1.82, 2.24) is 5.16 Å². The van der Waals surface area contributed by atoms with Gasteiger partial charge in [0, 0.05) is 11.6 Å². The fourth-order valence-corrected chi connectivity index (χ4v) is 1.36. The first-order valence-electron chi connectivity index (χ1n) is 5.99. The second-order valence-electron chi connectivity index (χ2n) is 4.43. The predicted octanol–water partition coefficient (Wildman–Crippen LogP) is 3.90. The van der Waals surface area contributed by atoms with E-state index in [1.165, 1.54) is 6.20 Å². The SMILES string of the molecule is C=CN=C(c1onc(N)c1C=C)C(C)(C)C.CC. The second-order valence-corrected chi connectivity index (χ2v) is 4.43.